The van der Waals surface area contributed by atoms with Gasteiger partial charge in [0.2, 0.25) is 0 Å². The maximum Gasteiger partial charge on any atom is 0.0543 e. The molecule has 0 unspecified atom stereocenters. The molecule has 0 bridgehead atoms. The van der Waals surface area contributed by atoms with Gasteiger partial charge in [0.25, 0.3) is 0 Å². The second-order valence-electron chi connectivity index (χ2n) is 7.37. The highest BCUT2D eigenvalue weighted by atomic mass is 35.5. The van der Waals surface area contributed by atoms with Crippen LogP contribution in [-0.2, 0) is 13.6 Å². The first-order valence-corrected chi connectivity index (χ1v) is 8.96. The van der Waals surface area contributed by atoms with Crippen LogP contribution in [0.25, 0.3) is 10.9 Å². The molecule has 1 aromatic carbocycles. The number of hydrogen-bond donors (Lipinski definition) is 0. The molecule has 1 fully saturated rings. The van der Waals surface area contributed by atoms with E-state index in [2.05, 4.69) is 83.1 Å². The molecule has 4 nitrogen and oxygen atoms in total. The number of pyridine rings is 1. The Morgan fingerprint density at radius 1 is 1.08 bits per heavy atom. The van der Waals surface area contributed by atoms with E-state index in [1.807, 2.05) is 12.3 Å². The smallest absolute Gasteiger partial charge is 0.0543 e. The topological polar surface area (TPSA) is 24.3 Å². The number of nitrogens with zero attached hydrogens (tertiary/aromatic N) is 4. The third kappa shape index (κ3) is 3.50. The zero-order chi connectivity index (χ0) is 17.4. The molecular weight excluding hydrogens is 344 g/mol. The van der Waals surface area contributed by atoms with Gasteiger partial charge in [-0.1, -0.05) is 24.3 Å². The SMILES string of the molecule is CN(C)[C@@H]1CN(Cc2ccccn2)C[C@H]1c1cn(C)c2ccccc12.Cl. The van der Waals surface area contributed by atoms with E-state index in [0.29, 0.717) is 12.0 Å². The number of fused-ring (bicyclic) bond motifs is 1. The molecule has 3 heterocycles. The van der Waals surface area contributed by atoms with E-state index in [-0.39, 0.29) is 12.4 Å². The van der Waals surface area contributed by atoms with Gasteiger partial charge < -0.3 is 9.47 Å². The molecule has 1 saturated heterocycles. The normalized spacial score (nSPS) is 20.6. The van der Waals surface area contributed by atoms with E-state index in [9.17, 15) is 0 Å². The van der Waals surface area contributed by atoms with Crippen LogP contribution in [0.1, 0.15) is 17.2 Å². The van der Waals surface area contributed by atoms with Crippen molar-refractivity contribution in [1.29, 1.82) is 0 Å². The molecule has 1 aliphatic heterocycles. The number of likely N-dealkylation sites (tertiary alicyclic amines) is 1. The minimum Gasteiger partial charge on any atom is -0.350 e. The number of benzene rings is 1. The van der Waals surface area contributed by atoms with Crippen molar-refractivity contribution in [1.82, 2.24) is 19.4 Å². The highest BCUT2D eigenvalue weighted by molar-refractivity contribution is 5.85. The van der Waals surface area contributed by atoms with E-state index in [1.54, 1.807) is 0 Å². The Balaban J connectivity index is 0.00000196. The van der Waals surface area contributed by atoms with Crippen molar-refractivity contribution in [2.45, 2.75) is 18.5 Å². The monoisotopic (exact) mass is 370 g/mol. The van der Waals surface area contributed by atoms with Gasteiger partial charge in [0.15, 0.2) is 0 Å². The van der Waals surface area contributed by atoms with Gasteiger partial charge in [-0.15, -0.1) is 12.4 Å². The van der Waals surface area contributed by atoms with E-state index in [4.69, 9.17) is 0 Å². The lowest BCUT2D eigenvalue weighted by atomic mass is 9.93. The number of likely N-dealkylation sites (N-methyl/N-ethyl adjacent to an activating group) is 1. The van der Waals surface area contributed by atoms with Gasteiger partial charge >= 0.3 is 0 Å². The highest BCUT2D eigenvalue weighted by Gasteiger charge is 2.36. The molecule has 26 heavy (non-hydrogen) atoms. The van der Waals surface area contributed by atoms with Crippen molar-refractivity contribution < 1.29 is 0 Å². The van der Waals surface area contributed by atoms with Crippen molar-refractivity contribution in [3.8, 4) is 0 Å². The van der Waals surface area contributed by atoms with Crippen LogP contribution >= 0.6 is 12.4 Å². The number of hydrogen-bond acceptors (Lipinski definition) is 3. The summed E-state index contributed by atoms with van der Waals surface area (Å²) < 4.78 is 2.26. The van der Waals surface area contributed by atoms with Crippen LogP contribution in [0.5, 0.6) is 0 Å². The van der Waals surface area contributed by atoms with Crippen LogP contribution in [-0.4, -0.2) is 52.6 Å². The minimum absolute atomic E-state index is 0. The highest BCUT2D eigenvalue weighted by Crippen LogP contribution is 2.35. The molecule has 0 saturated carbocycles. The summed E-state index contributed by atoms with van der Waals surface area (Å²) in [6.45, 7) is 3.08. The molecular formula is C21H27ClN4. The minimum atomic E-state index is 0. The predicted molar refractivity (Wildman–Crippen MR) is 110 cm³/mol. The lowest BCUT2D eigenvalue weighted by Gasteiger charge is -2.25. The average molecular weight is 371 g/mol. The molecule has 4 rings (SSSR count). The Hall–Kier alpha value is -1.88. The first kappa shape index (κ1) is 18.9. The molecule has 2 atom stereocenters. The second kappa shape index (κ2) is 7.78. The van der Waals surface area contributed by atoms with Gasteiger partial charge in [-0.2, -0.15) is 0 Å². The standard InChI is InChI=1S/C21H26N4.ClH/c1-23(2)21-15-25(12-16-8-6-7-11-22-16)14-19(21)18-13-24(3)20-10-5-4-9-17(18)20;/h4-11,13,19,21H,12,14-15H2,1-3H3;1H/t19-,21+;/m0./s1. The Bertz CT molecular complexity index is 859. The summed E-state index contributed by atoms with van der Waals surface area (Å²) in [5, 5.41) is 1.39. The zero-order valence-corrected chi connectivity index (χ0v) is 16.5. The van der Waals surface area contributed by atoms with E-state index >= 15 is 0 Å². The maximum absolute atomic E-state index is 4.50. The van der Waals surface area contributed by atoms with Crippen LogP contribution in [0.15, 0.2) is 54.9 Å². The van der Waals surface area contributed by atoms with Gasteiger partial charge in [-0.25, -0.2) is 0 Å². The number of rotatable bonds is 4. The fraction of sp³-hybridized carbons (Fsp3) is 0.381. The molecule has 0 radical (unpaired) electrons. The fourth-order valence-corrected chi connectivity index (χ4v) is 4.21. The van der Waals surface area contributed by atoms with Crippen molar-refractivity contribution in [3.05, 3.63) is 66.1 Å². The molecule has 1 aliphatic rings. The average Bonchev–Trinajstić information content (AvgIpc) is 3.18. The van der Waals surface area contributed by atoms with Gasteiger partial charge in [0, 0.05) is 61.9 Å². The molecule has 0 amide bonds. The van der Waals surface area contributed by atoms with Gasteiger partial charge in [-0.3, -0.25) is 9.88 Å². The molecule has 138 valence electrons. The van der Waals surface area contributed by atoms with Gasteiger partial charge in [-0.05, 0) is 37.9 Å². The Labute approximate surface area is 161 Å². The quantitative estimate of drug-likeness (QED) is 0.702. The molecule has 0 spiro atoms. The largest absolute Gasteiger partial charge is 0.350 e. The van der Waals surface area contributed by atoms with Crippen molar-refractivity contribution in [2.75, 3.05) is 27.2 Å². The third-order valence-electron chi connectivity index (χ3n) is 5.47. The zero-order valence-electron chi connectivity index (χ0n) is 15.7. The molecule has 2 aromatic heterocycles. The van der Waals surface area contributed by atoms with Gasteiger partial charge in [0.05, 0.1) is 5.69 Å². The summed E-state index contributed by atoms with van der Waals surface area (Å²) in [7, 11) is 6.55. The first-order chi connectivity index (χ1) is 12.1. The number of halogens is 1. The second-order valence-corrected chi connectivity index (χ2v) is 7.37. The fourth-order valence-electron chi connectivity index (χ4n) is 4.21. The maximum atomic E-state index is 4.50. The lowest BCUT2D eigenvalue weighted by molar-refractivity contribution is 0.258. The number of aryl methyl sites for hydroxylation is 1. The molecule has 3 aromatic rings. The van der Waals surface area contributed by atoms with Crippen LogP contribution in [0.3, 0.4) is 0 Å². The summed E-state index contributed by atoms with van der Waals surface area (Å²) >= 11 is 0. The van der Waals surface area contributed by atoms with E-state index in [0.717, 1.165) is 25.3 Å². The summed E-state index contributed by atoms with van der Waals surface area (Å²) in [5.41, 5.74) is 3.94. The Morgan fingerprint density at radius 2 is 1.85 bits per heavy atom. The predicted octanol–water partition coefficient (Wildman–Crippen LogP) is 3.52. The van der Waals surface area contributed by atoms with Crippen LogP contribution in [0.2, 0.25) is 0 Å². The van der Waals surface area contributed by atoms with Crippen LogP contribution < -0.4 is 0 Å². The molecule has 5 heteroatoms. The first-order valence-electron chi connectivity index (χ1n) is 8.96. The van der Waals surface area contributed by atoms with Crippen LogP contribution in [0.4, 0.5) is 0 Å². The van der Waals surface area contributed by atoms with Crippen molar-refractivity contribution >= 4 is 23.3 Å². The summed E-state index contributed by atoms with van der Waals surface area (Å²) in [6, 6.07) is 15.4. The van der Waals surface area contributed by atoms with Gasteiger partial charge in [0.1, 0.15) is 0 Å². The molecule has 0 aliphatic carbocycles. The summed E-state index contributed by atoms with van der Waals surface area (Å²) in [6.07, 6.45) is 4.22. The van der Waals surface area contributed by atoms with E-state index in [1.165, 1.54) is 16.5 Å². The Morgan fingerprint density at radius 3 is 2.58 bits per heavy atom. The van der Waals surface area contributed by atoms with Crippen molar-refractivity contribution in [2.24, 2.45) is 7.05 Å². The summed E-state index contributed by atoms with van der Waals surface area (Å²) in [5.74, 6) is 0.518. The number of para-hydroxylation sites is 1. The lowest BCUT2D eigenvalue weighted by Crippen LogP contribution is -2.34. The summed E-state index contributed by atoms with van der Waals surface area (Å²) in [4.78, 5) is 9.43. The van der Waals surface area contributed by atoms with Crippen molar-refractivity contribution in [3.63, 3.8) is 0 Å². The Kier molecular flexibility index (Phi) is 5.66. The third-order valence-corrected chi connectivity index (χ3v) is 5.47. The van der Waals surface area contributed by atoms with Crippen LogP contribution in [0, 0.1) is 0 Å². The van der Waals surface area contributed by atoms with E-state index < -0.39 is 0 Å². The number of aromatic nitrogens is 2. The molecule has 0 N–H and O–H groups in total.